The molecule has 0 saturated carbocycles. The molecule has 6 heteroatoms. The average Bonchev–Trinajstić information content (AvgIpc) is 2.74. The van der Waals surface area contributed by atoms with E-state index in [4.69, 9.17) is 0 Å². The molecule has 0 spiro atoms. The zero-order valence-electron chi connectivity index (χ0n) is 16.5. The summed E-state index contributed by atoms with van der Waals surface area (Å²) in [6.07, 6.45) is 3.80. The van der Waals surface area contributed by atoms with E-state index < -0.39 is 10.0 Å². The van der Waals surface area contributed by atoms with Crippen molar-refractivity contribution in [3.05, 3.63) is 54.1 Å². The van der Waals surface area contributed by atoms with E-state index in [0.717, 1.165) is 36.8 Å². The van der Waals surface area contributed by atoms with Gasteiger partial charge in [0, 0.05) is 24.7 Å². The number of sulfonamides is 1. The van der Waals surface area contributed by atoms with Crippen molar-refractivity contribution < 1.29 is 13.2 Å². The summed E-state index contributed by atoms with van der Waals surface area (Å²) in [5.41, 5.74) is 2.37. The first-order valence-electron chi connectivity index (χ1n) is 9.93. The van der Waals surface area contributed by atoms with E-state index in [1.54, 1.807) is 22.5 Å². The minimum atomic E-state index is -3.43. The van der Waals surface area contributed by atoms with Crippen LogP contribution >= 0.6 is 0 Å². The third-order valence-electron chi connectivity index (χ3n) is 5.26. The Morgan fingerprint density at radius 3 is 2.36 bits per heavy atom. The molecule has 0 aromatic heterocycles. The molecular formula is C22H28N2O3S. The second-order valence-corrected chi connectivity index (χ2v) is 9.29. The lowest BCUT2D eigenvalue weighted by molar-refractivity contribution is 0.0939. The molecule has 1 N–H and O–H groups in total. The van der Waals surface area contributed by atoms with Crippen molar-refractivity contribution in [2.24, 2.45) is 0 Å². The fourth-order valence-corrected chi connectivity index (χ4v) is 4.84. The number of hydrogen-bond donors (Lipinski definition) is 1. The summed E-state index contributed by atoms with van der Waals surface area (Å²) in [4.78, 5) is 12.7. The number of nitrogens with one attached hydrogen (secondary N) is 1. The fourth-order valence-electron chi connectivity index (χ4n) is 3.32. The van der Waals surface area contributed by atoms with E-state index in [0.29, 0.717) is 23.5 Å². The zero-order chi connectivity index (χ0) is 20.1. The Morgan fingerprint density at radius 1 is 1.04 bits per heavy atom. The first kappa shape index (κ1) is 20.6. The van der Waals surface area contributed by atoms with Gasteiger partial charge in [-0.15, -0.1) is 0 Å². The monoisotopic (exact) mass is 400 g/mol. The van der Waals surface area contributed by atoms with Gasteiger partial charge in [0.15, 0.2) is 0 Å². The Morgan fingerprint density at radius 2 is 1.71 bits per heavy atom. The highest BCUT2D eigenvalue weighted by molar-refractivity contribution is 7.89. The van der Waals surface area contributed by atoms with Gasteiger partial charge in [-0.2, -0.15) is 4.31 Å². The Labute approximate surface area is 167 Å². The lowest BCUT2D eigenvalue weighted by Crippen LogP contribution is -2.35. The predicted molar refractivity (Wildman–Crippen MR) is 112 cm³/mol. The number of benzene rings is 2. The zero-order valence-corrected chi connectivity index (χ0v) is 17.3. The molecule has 1 saturated heterocycles. The third-order valence-corrected chi connectivity index (χ3v) is 7.17. The van der Waals surface area contributed by atoms with Crippen LogP contribution in [-0.2, 0) is 10.0 Å². The molecular weight excluding hydrogens is 372 g/mol. The molecule has 0 aliphatic carbocycles. The highest BCUT2D eigenvalue weighted by Crippen LogP contribution is 2.25. The molecule has 1 atom stereocenters. The molecule has 2 aromatic carbocycles. The lowest BCUT2D eigenvalue weighted by atomic mass is 10.0. The SMILES string of the molecule is CC[C@@H](C)NC(=O)c1cccc(-c2ccc(S(=O)(=O)N3CCCCC3)cc2)c1. The number of piperidine rings is 1. The first-order valence-corrected chi connectivity index (χ1v) is 11.4. The van der Waals surface area contributed by atoms with Crippen molar-refractivity contribution in [1.29, 1.82) is 0 Å². The molecule has 1 fully saturated rings. The van der Waals surface area contributed by atoms with Crippen LogP contribution in [0.15, 0.2) is 53.4 Å². The summed E-state index contributed by atoms with van der Waals surface area (Å²) in [6, 6.07) is 14.5. The number of rotatable bonds is 6. The summed E-state index contributed by atoms with van der Waals surface area (Å²) < 4.78 is 27.1. The molecule has 3 rings (SSSR count). The minimum Gasteiger partial charge on any atom is -0.350 e. The summed E-state index contributed by atoms with van der Waals surface area (Å²) in [6.45, 7) is 5.19. The molecule has 0 radical (unpaired) electrons. The van der Waals surface area contributed by atoms with Crippen molar-refractivity contribution in [2.45, 2.75) is 50.5 Å². The first-order chi connectivity index (χ1) is 13.4. The van der Waals surface area contributed by atoms with E-state index in [2.05, 4.69) is 5.32 Å². The van der Waals surface area contributed by atoms with Crippen molar-refractivity contribution in [3.8, 4) is 11.1 Å². The van der Waals surface area contributed by atoms with Crippen LogP contribution < -0.4 is 5.32 Å². The molecule has 0 bridgehead atoms. The van der Waals surface area contributed by atoms with Crippen LogP contribution in [0, 0.1) is 0 Å². The normalized spacial score (nSPS) is 16.5. The standard InChI is InChI=1S/C22H28N2O3S/c1-3-17(2)23-22(25)20-9-7-8-19(16-20)18-10-12-21(13-11-18)28(26,27)24-14-5-4-6-15-24/h7-13,16-17H,3-6,14-15H2,1-2H3,(H,23,25)/t17-/m1/s1. The molecule has 28 heavy (non-hydrogen) atoms. The van der Waals surface area contributed by atoms with E-state index in [-0.39, 0.29) is 11.9 Å². The number of hydrogen-bond acceptors (Lipinski definition) is 3. The maximum absolute atomic E-state index is 12.8. The van der Waals surface area contributed by atoms with Gasteiger partial charge in [-0.3, -0.25) is 4.79 Å². The molecule has 0 unspecified atom stereocenters. The smallest absolute Gasteiger partial charge is 0.251 e. The summed E-state index contributed by atoms with van der Waals surface area (Å²) >= 11 is 0. The van der Waals surface area contributed by atoms with Gasteiger partial charge in [-0.05, 0) is 61.6 Å². The van der Waals surface area contributed by atoms with Gasteiger partial charge in [0.05, 0.1) is 4.90 Å². The highest BCUT2D eigenvalue weighted by Gasteiger charge is 2.25. The fraction of sp³-hybridized carbons (Fsp3) is 0.409. The quantitative estimate of drug-likeness (QED) is 0.795. The van der Waals surface area contributed by atoms with E-state index in [1.165, 1.54) is 0 Å². The molecule has 2 aromatic rings. The Balaban J connectivity index is 1.80. The molecule has 1 amide bonds. The molecule has 150 valence electrons. The predicted octanol–water partition coefficient (Wildman–Crippen LogP) is 4.06. The van der Waals surface area contributed by atoms with Gasteiger partial charge in [0.25, 0.3) is 5.91 Å². The average molecular weight is 401 g/mol. The van der Waals surface area contributed by atoms with Crippen LogP contribution in [0.25, 0.3) is 11.1 Å². The van der Waals surface area contributed by atoms with Gasteiger partial charge in [0.2, 0.25) is 10.0 Å². The second-order valence-electron chi connectivity index (χ2n) is 7.35. The van der Waals surface area contributed by atoms with Crippen LogP contribution in [0.5, 0.6) is 0 Å². The molecule has 5 nitrogen and oxygen atoms in total. The highest BCUT2D eigenvalue weighted by atomic mass is 32.2. The van der Waals surface area contributed by atoms with Crippen LogP contribution in [0.2, 0.25) is 0 Å². The number of nitrogens with zero attached hydrogens (tertiary/aromatic N) is 1. The summed E-state index contributed by atoms with van der Waals surface area (Å²) in [5, 5.41) is 2.97. The van der Waals surface area contributed by atoms with Crippen LogP contribution in [0.1, 0.15) is 49.9 Å². The van der Waals surface area contributed by atoms with E-state index in [1.807, 2.05) is 44.2 Å². The topological polar surface area (TPSA) is 66.5 Å². The van der Waals surface area contributed by atoms with Crippen molar-refractivity contribution >= 4 is 15.9 Å². The second kappa shape index (κ2) is 8.88. The molecule has 1 heterocycles. The van der Waals surface area contributed by atoms with Crippen molar-refractivity contribution in [3.63, 3.8) is 0 Å². The third kappa shape index (κ3) is 4.62. The summed E-state index contributed by atoms with van der Waals surface area (Å²) in [5.74, 6) is -0.0968. The largest absolute Gasteiger partial charge is 0.350 e. The van der Waals surface area contributed by atoms with Crippen molar-refractivity contribution in [1.82, 2.24) is 9.62 Å². The van der Waals surface area contributed by atoms with E-state index >= 15 is 0 Å². The van der Waals surface area contributed by atoms with Gasteiger partial charge in [-0.25, -0.2) is 8.42 Å². The van der Waals surface area contributed by atoms with E-state index in [9.17, 15) is 13.2 Å². The Kier molecular flexibility index (Phi) is 6.52. The Bertz CT molecular complexity index is 917. The Hall–Kier alpha value is -2.18. The summed E-state index contributed by atoms with van der Waals surface area (Å²) in [7, 11) is -3.43. The van der Waals surface area contributed by atoms with Gasteiger partial charge < -0.3 is 5.32 Å². The maximum atomic E-state index is 12.8. The minimum absolute atomic E-state index is 0.0968. The molecule has 1 aliphatic rings. The van der Waals surface area contributed by atoms with Crippen LogP contribution in [-0.4, -0.2) is 37.8 Å². The van der Waals surface area contributed by atoms with Crippen molar-refractivity contribution in [2.75, 3.05) is 13.1 Å². The van der Waals surface area contributed by atoms with Crippen LogP contribution in [0.4, 0.5) is 0 Å². The maximum Gasteiger partial charge on any atom is 0.251 e. The number of amides is 1. The van der Waals surface area contributed by atoms with Crippen LogP contribution in [0.3, 0.4) is 0 Å². The number of carbonyl (C=O) groups excluding carboxylic acids is 1. The number of carbonyl (C=O) groups is 1. The van der Waals surface area contributed by atoms with Gasteiger partial charge in [-0.1, -0.05) is 37.6 Å². The van der Waals surface area contributed by atoms with Gasteiger partial charge >= 0.3 is 0 Å². The van der Waals surface area contributed by atoms with Gasteiger partial charge in [0.1, 0.15) is 0 Å². The lowest BCUT2D eigenvalue weighted by Gasteiger charge is -2.25. The molecule has 1 aliphatic heterocycles.